The quantitative estimate of drug-likeness (QED) is 0.649. The molecule has 4 heteroatoms. The van der Waals surface area contributed by atoms with Crippen molar-refractivity contribution in [2.24, 2.45) is 0 Å². The van der Waals surface area contributed by atoms with E-state index in [1.54, 1.807) is 7.11 Å². The number of hydrogen-bond donors (Lipinski definition) is 0. The minimum Gasteiger partial charge on any atom is -0.434 e. The molecule has 0 aromatic carbocycles. The average molecular weight is 228 g/mol. The zero-order valence-electron chi connectivity index (χ0n) is 11.3. The molecule has 0 aromatic rings. The number of allylic oxidation sites excluding steroid dienone is 2. The van der Waals surface area contributed by atoms with Gasteiger partial charge in [0, 0.05) is 14.2 Å². The lowest BCUT2D eigenvalue weighted by molar-refractivity contribution is 0.410. The van der Waals surface area contributed by atoms with Crippen LogP contribution in [0.1, 0.15) is 27.2 Å². The summed E-state index contributed by atoms with van der Waals surface area (Å²) in [6.45, 7) is 11.3. The third kappa shape index (κ3) is 3.78. The Morgan fingerprint density at radius 1 is 1.20 bits per heavy atom. The Hall–Kier alpha value is -0.0582. The van der Waals surface area contributed by atoms with Crippen LogP contribution in [0.3, 0.4) is 0 Å². The normalized spacial score (nSPS) is 13.8. The zero-order valence-corrected chi connectivity index (χ0v) is 12.3. The van der Waals surface area contributed by atoms with Gasteiger partial charge in [0.2, 0.25) is 8.32 Å². The van der Waals surface area contributed by atoms with E-state index in [-0.39, 0.29) is 6.92 Å². The standard InChI is InChI=1S/C11H25BO2Si/c1-8-11(12(9-2)13-4)10(3)15(6,7)14-5/h8-9H2,1-7H3. The molecule has 0 amide bonds. The van der Waals surface area contributed by atoms with E-state index in [1.165, 1.54) is 10.7 Å². The van der Waals surface area contributed by atoms with E-state index in [0.717, 1.165) is 12.7 Å². The van der Waals surface area contributed by atoms with Gasteiger partial charge in [-0.3, -0.25) is 0 Å². The summed E-state index contributed by atoms with van der Waals surface area (Å²) >= 11 is 0. The van der Waals surface area contributed by atoms with Crippen LogP contribution >= 0.6 is 0 Å². The van der Waals surface area contributed by atoms with E-state index < -0.39 is 8.32 Å². The number of hydrogen-bond acceptors (Lipinski definition) is 2. The van der Waals surface area contributed by atoms with E-state index in [4.69, 9.17) is 9.08 Å². The van der Waals surface area contributed by atoms with Crippen LogP contribution in [0.2, 0.25) is 19.4 Å². The molecular formula is C11H25BO2Si. The molecule has 0 bridgehead atoms. The molecule has 0 heterocycles. The third-order valence-electron chi connectivity index (χ3n) is 3.32. The summed E-state index contributed by atoms with van der Waals surface area (Å²) in [5, 5.41) is 1.43. The maximum absolute atomic E-state index is 5.65. The largest absolute Gasteiger partial charge is 0.434 e. The topological polar surface area (TPSA) is 18.5 Å². The second-order valence-corrected chi connectivity index (χ2v) is 8.53. The molecule has 88 valence electrons. The van der Waals surface area contributed by atoms with Crippen LogP contribution < -0.4 is 0 Å². The van der Waals surface area contributed by atoms with Crippen LogP contribution in [0, 0.1) is 0 Å². The molecule has 0 fully saturated rings. The molecule has 0 unspecified atom stereocenters. The molecule has 0 radical (unpaired) electrons. The molecule has 0 aliphatic carbocycles. The van der Waals surface area contributed by atoms with Crippen LogP contribution in [0.5, 0.6) is 0 Å². The molecule has 0 N–H and O–H groups in total. The second kappa shape index (κ2) is 6.51. The fraction of sp³-hybridized carbons (Fsp3) is 0.818. The van der Waals surface area contributed by atoms with Gasteiger partial charge in [0.1, 0.15) is 0 Å². The Morgan fingerprint density at radius 2 is 1.73 bits per heavy atom. The highest BCUT2D eigenvalue weighted by atomic mass is 28.4. The second-order valence-electron chi connectivity index (χ2n) is 4.35. The lowest BCUT2D eigenvalue weighted by Crippen LogP contribution is -2.34. The van der Waals surface area contributed by atoms with Crippen LogP contribution in [0.4, 0.5) is 0 Å². The Morgan fingerprint density at radius 3 is 2.00 bits per heavy atom. The van der Waals surface area contributed by atoms with Gasteiger partial charge in [-0.25, -0.2) is 0 Å². The van der Waals surface area contributed by atoms with Crippen molar-refractivity contribution in [2.75, 3.05) is 14.2 Å². The fourth-order valence-electron chi connectivity index (χ4n) is 1.83. The van der Waals surface area contributed by atoms with Gasteiger partial charge >= 0.3 is 6.92 Å². The lowest BCUT2D eigenvalue weighted by atomic mass is 9.57. The van der Waals surface area contributed by atoms with E-state index in [9.17, 15) is 0 Å². The zero-order chi connectivity index (χ0) is 12.1. The van der Waals surface area contributed by atoms with Gasteiger partial charge in [-0.05, 0) is 32.8 Å². The molecule has 0 saturated carbocycles. The molecule has 0 aliphatic rings. The maximum atomic E-state index is 5.65. The Balaban J connectivity index is 5.12. The Labute approximate surface area is 96.3 Å². The van der Waals surface area contributed by atoms with Gasteiger partial charge in [0.15, 0.2) is 0 Å². The van der Waals surface area contributed by atoms with Gasteiger partial charge in [-0.1, -0.05) is 24.5 Å². The minimum atomic E-state index is -1.66. The monoisotopic (exact) mass is 228 g/mol. The molecule has 0 aliphatic heterocycles. The highest BCUT2D eigenvalue weighted by molar-refractivity contribution is 6.80. The van der Waals surface area contributed by atoms with Crippen LogP contribution in [0.25, 0.3) is 0 Å². The van der Waals surface area contributed by atoms with Gasteiger partial charge in [0.05, 0.1) is 0 Å². The van der Waals surface area contributed by atoms with E-state index >= 15 is 0 Å². The lowest BCUT2D eigenvalue weighted by Gasteiger charge is -2.26. The first-order chi connectivity index (χ1) is 6.94. The molecule has 0 spiro atoms. The van der Waals surface area contributed by atoms with Crippen LogP contribution in [-0.2, 0) is 9.08 Å². The SMILES string of the molecule is CCB(OC)C(CC)=C(C)[Si](C)(C)OC. The minimum absolute atomic E-state index is 0.261. The van der Waals surface area contributed by atoms with E-state index in [1.807, 2.05) is 7.11 Å². The molecular weight excluding hydrogens is 203 g/mol. The molecule has 0 aromatic heterocycles. The van der Waals surface area contributed by atoms with Gasteiger partial charge in [0.25, 0.3) is 0 Å². The molecule has 0 rings (SSSR count). The van der Waals surface area contributed by atoms with Crippen molar-refractivity contribution < 1.29 is 9.08 Å². The predicted octanol–water partition coefficient (Wildman–Crippen LogP) is 3.30. The first kappa shape index (κ1) is 14.9. The summed E-state index contributed by atoms with van der Waals surface area (Å²) in [5.41, 5.74) is 1.43. The van der Waals surface area contributed by atoms with Gasteiger partial charge < -0.3 is 9.08 Å². The highest BCUT2D eigenvalue weighted by Gasteiger charge is 2.29. The predicted molar refractivity (Wildman–Crippen MR) is 70.7 cm³/mol. The van der Waals surface area contributed by atoms with Crippen molar-refractivity contribution in [3.63, 3.8) is 0 Å². The van der Waals surface area contributed by atoms with Gasteiger partial charge in [-0.2, -0.15) is 0 Å². The first-order valence-corrected chi connectivity index (χ1v) is 8.63. The molecule has 0 saturated heterocycles. The molecule has 2 nitrogen and oxygen atoms in total. The summed E-state index contributed by atoms with van der Waals surface area (Å²) in [4.78, 5) is 0. The molecule has 15 heavy (non-hydrogen) atoms. The Bertz CT molecular complexity index is 223. The van der Waals surface area contributed by atoms with Crippen molar-refractivity contribution >= 4 is 15.2 Å². The Kier molecular flexibility index (Phi) is 6.48. The first-order valence-electron chi connectivity index (χ1n) is 5.72. The summed E-state index contributed by atoms with van der Waals surface area (Å²) in [7, 11) is 1.95. The maximum Gasteiger partial charge on any atom is 0.321 e. The van der Waals surface area contributed by atoms with Crippen LogP contribution in [0.15, 0.2) is 10.7 Å². The van der Waals surface area contributed by atoms with Crippen molar-refractivity contribution in [1.29, 1.82) is 0 Å². The fourth-order valence-corrected chi connectivity index (χ4v) is 3.25. The van der Waals surface area contributed by atoms with E-state index in [2.05, 4.69) is 33.9 Å². The van der Waals surface area contributed by atoms with Gasteiger partial charge in [-0.15, -0.1) is 0 Å². The summed E-state index contributed by atoms with van der Waals surface area (Å²) in [6, 6.07) is 0. The van der Waals surface area contributed by atoms with Crippen LogP contribution in [-0.4, -0.2) is 29.5 Å². The summed E-state index contributed by atoms with van der Waals surface area (Å²) in [6.07, 6.45) is 2.09. The highest BCUT2D eigenvalue weighted by Crippen LogP contribution is 2.24. The van der Waals surface area contributed by atoms with Crippen molar-refractivity contribution in [3.05, 3.63) is 10.7 Å². The third-order valence-corrected chi connectivity index (χ3v) is 6.47. The summed E-state index contributed by atoms with van der Waals surface area (Å²) < 4.78 is 11.2. The van der Waals surface area contributed by atoms with Crippen molar-refractivity contribution in [2.45, 2.75) is 46.6 Å². The number of rotatable bonds is 6. The smallest absolute Gasteiger partial charge is 0.321 e. The van der Waals surface area contributed by atoms with E-state index in [0.29, 0.717) is 0 Å². The molecule has 0 atom stereocenters. The van der Waals surface area contributed by atoms with Crippen molar-refractivity contribution in [3.8, 4) is 0 Å². The average Bonchev–Trinajstić information content (AvgIpc) is 2.24. The van der Waals surface area contributed by atoms with Crippen molar-refractivity contribution in [1.82, 2.24) is 0 Å². The summed E-state index contributed by atoms with van der Waals surface area (Å²) in [5.74, 6) is 0.